The van der Waals surface area contributed by atoms with Crippen LogP contribution in [0.25, 0.3) is 0 Å². The van der Waals surface area contributed by atoms with Gasteiger partial charge in [-0.25, -0.2) is 0 Å². The average molecular weight is 340 g/mol. The van der Waals surface area contributed by atoms with Crippen LogP contribution in [0.4, 0.5) is 0 Å². The lowest BCUT2D eigenvalue weighted by Crippen LogP contribution is -2.51. The molecule has 0 heterocycles. The first-order chi connectivity index (χ1) is 10.7. The molecule has 0 aromatic heterocycles. The predicted molar refractivity (Wildman–Crippen MR) is 88.6 cm³/mol. The molecule has 0 radical (unpaired) electrons. The van der Waals surface area contributed by atoms with Gasteiger partial charge in [-0.1, -0.05) is 37.6 Å². The topological polar surface area (TPSA) is 87.3 Å². The maximum absolute atomic E-state index is 12.3. The summed E-state index contributed by atoms with van der Waals surface area (Å²) in [6.45, 7) is 7.26. The maximum Gasteiger partial charge on any atom is 0.327 e. The van der Waals surface area contributed by atoms with E-state index in [1.165, 1.54) is 0 Å². The maximum atomic E-state index is 12.3. The van der Waals surface area contributed by atoms with Crippen molar-refractivity contribution in [2.45, 2.75) is 39.7 Å². The molecule has 1 atom stereocenters. The summed E-state index contributed by atoms with van der Waals surface area (Å²) in [7, 11) is 0. The third kappa shape index (κ3) is 5.90. The van der Waals surface area contributed by atoms with Crippen LogP contribution in [-0.2, 0) is 14.4 Å². The standard InChI is InChI=1S/C16H22ClN3O3/c1-9(2)13(11-5-7-12(17)8-6-11)14(21)19-20-16(23)15(22)18-10(3)4/h5-10,13H,1-4H3,(H,18,22)(H,19,21)(H,20,23)/t13-/m1/s1. The fraction of sp³-hybridized carbons (Fsp3) is 0.438. The Balaban J connectivity index is 2.71. The van der Waals surface area contributed by atoms with Crippen molar-refractivity contribution in [3.05, 3.63) is 34.9 Å². The van der Waals surface area contributed by atoms with Crippen molar-refractivity contribution >= 4 is 29.3 Å². The molecule has 0 aliphatic heterocycles. The van der Waals surface area contributed by atoms with Crippen LogP contribution in [0.3, 0.4) is 0 Å². The van der Waals surface area contributed by atoms with Crippen LogP contribution in [0.2, 0.25) is 5.02 Å². The van der Waals surface area contributed by atoms with E-state index >= 15 is 0 Å². The fourth-order valence-corrected chi connectivity index (χ4v) is 2.22. The number of amides is 3. The lowest BCUT2D eigenvalue weighted by atomic mass is 9.88. The number of carbonyl (C=O) groups is 3. The Bertz CT molecular complexity index is 570. The van der Waals surface area contributed by atoms with Gasteiger partial charge in [0.05, 0.1) is 5.92 Å². The van der Waals surface area contributed by atoms with Gasteiger partial charge in [-0.15, -0.1) is 0 Å². The molecular formula is C16H22ClN3O3. The molecule has 1 aromatic rings. The minimum Gasteiger partial charge on any atom is -0.346 e. The molecule has 1 rings (SSSR count). The van der Waals surface area contributed by atoms with Gasteiger partial charge in [0.15, 0.2) is 0 Å². The summed E-state index contributed by atoms with van der Waals surface area (Å²) in [5.74, 6) is -2.58. The highest BCUT2D eigenvalue weighted by Crippen LogP contribution is 2.25. The van der Waals surface area contributed by atoms with Gasteiger partial charge in [0.1, 0.15) is 0 Å². The molecule has 0 aliphatic rings. The Kier molecular flexibility index (Phi) is 7.03. The normalized spacial score (nSPS) is 12.0. The highest BCUT2D eigenvalue weighted by molar-refractivity contribution is 6.35. The summed E-state index contributed by atoms with van der Waals surface area (Å²) in [5.41, 5.74) is 5.21. The Morgan fingerprint density at radius 1 is 0.913 bits per heavy atom. The summed E-state index contributed by atoms with van der Waals surface area (Å²) in [6, 6.07) is 6.77. The molecule has 0 saturated heterocycles. The van der Waals surface area contributed by atoms with Gasteiger partial charge in [0.2, 0.25) is 5.91 Å². The number of carbonyl (C=O) groups excluding carboxylic acids is 3. The van der Waals surface area contributed by atoms with E-state index in [1.807, 2.05) is 13.8 Å². The molecule has 0 fully saturated rings. The smallest absolute Gasteiger partial charge is 0.327 e. The predicted octanol–water partition coefficient (Wildman–Crippen LogP) is 1.75. The first-order valence-electron chi connectivity index (χ1n) is 7.38. The Morgan fingerprint density at radius 3 is 1.96 bits per heavy atom. The number of nitrogens with one attached hydrogen (secondary N) is 3. The van der Waals surface area contributed by atoms with Gasteiger partial charge in [0, 0.05) is 11.1 Å². The van der Waals surface area contributed by atoms with Crippen LogP contribution < -0.4 is 16.2 Å². The largest absolute Gasteiger partial charge is 0.346 e. The van der Waals surface area contributed by atoms with Gasteiger partial charge in [-0.3, -0.25) is 25.2 Å². The van der Waals surface area contributed by atoms with Crippen LogP contribution in [0.15, 0.2) is 24.3 Å². The molecule has 126 valence electrons. The van der Waals surface area contributed by atoms with Gasteiger partial charge < -0.3 is 5.32 Å². The third-order valence-corrected chi connectivity index (χ3v) is 3.36. The molecule has 3 N–H and O–H groups in total. The zero-order chi connectivity index (χ0) is 17.6. The molecule has 0 spiro atoms. The quantitative estimate of drug-likeness (QED) is 0.577. The van der Waals surface area contributed by atoms with Crippen molar-refractivity contribution < 1.29 is 14.4 Å². The van der Waals surface area contributed by atoms with Crippen molar-refractivity contribution in [1.29, 1.82) is 0 Å². The molecule has 1 aromatic carbocycles. The first-order valence-corrected chi connectivity index (χ1v) is 7.76. The van der Waals surface area contributed by atoms with E-state index in [1.54, 1.807) is 38.1 Å². The number of rotatable bonds is 4. The molecular weight excluding hydrogens is 318 g/mol. The van der Waals surface area contributed by atoms with E-state index < -0.39 is 23.6 Å². The fourth-order valence-electron chi connectivity index (χ4n) is 2.09. The van der Waals surface area contributed by atoms with Crippen molar-refractivity contribution in [3.63, 3.8) is 0 Å². The number of benzene rings is 1. The van der Waals surface area contributed by atoms with Gasteiger partial charge in [-0.2, -0.15) is 0 Å². The van der Waals surface area contributed by atoms with Crippen LogP contribution >= 0.6 is 11.6 Å². The van der Waals surface area contributed by atoms with E-state index in [9.17, 15) is 14.4 Å². The Labute approximate surface area is 140 Å². The molecule has 6 nitrogen and oxygen atoms in total. The summed E-state index contributed by atoms with van der Waals surface area (Å²) < 4.78 is 0. The zero-order valence-electron chi connectivity index (χ0n) is 13.6. The number of halogens is 1. The summed E-state index contributed by atoms with van der Waals surface area (Å²) in [6.07, 6.45) is 0. The Hall–Kier alpha value is -2.08. The molecule has 0 bridgehead atoms. The summed E-state index contributed by atoms with van der Waals surface area (Å²) in [5, 5.41) is 3.02. The zero-order valence-corrected chi connectivity index (χ0v) is 14.4. The van der Waals surface area contributed by atoms with Crippen molar-refractivity contribution in [1.82, 2.24) is 16.2 Å². The van der Waals surface area contributed by atoms with Crippen LogP contribution in [0.5, 0.6) is 0 Å². The summed E-state index contributed by atoms with van der Waals surface area (Å²) in [4.78, 5) is 35.4. The summed E-state index contributed by atoms with van der Waals surface area (Å²) >= 11 is 5.85. The minimum absolute atomic E-state index is 0.00225. The highest BCUT2D eigenvalue weighted by atomic mass is 35.5. The van der Waals surface area contributed by atoms with Gasteiger partial charge >= 0.3 is 11.8 Å². The van der Waals surface area contributed by atoms with E-state index in [0.717, 1.165) is 5.56 Å². The van der Waals surface area contributed by atoms with Crippen molar-refractivity contribution in [2.75, 3.05) is 0 Å². The second-order valence-corrected chi connectivity index (χ2v) is 6.28. The second-order valence-electron chi connectivity index (χ2n) is 5.84. The molecule has 7 heteroatoms. The van der Waals surface area contributed by atoms with Gasteiger partial charge in [-0.05, 0) is 37.5 Å². The van der Waals surface area contributed by atoms with Crippen molar-refractivity contribution in [3.8, 4) is 0 Å². The lowest BCUT2D eigenvalue weighted by Gasteiger charge is -2.21. The van der Waals surface area contributed by atoms with Gasteiger partial charge in [0.25, 0.3) is 0 Å². The third-order valence-electron chi connectivity index (χ3n) is 3.10. The molecule has 0 saturated carbocycles. The molecule has 23 heavy (non-hydrogen) atoms. The van der Waals surface area contributed by atoms with Crippen LogP contribution in [-0.4, -0.2) is 23.8 Å². The second kappa shape index (κ2) is 8.53. The van der Waals surface area contributed by atoms with E-state index in [-0.39, 0.29) is 12.0 Å². The lowest BCUT2D eigenvalue weighted by molar-refractivity contribution is -0.141. The monoisotopic (exact) mass is 339 g/mol. The van der Waals surface area contributed by atoms with Crippen LogP contribution in [0.1, 0.15) is 39.2 Å². The Morgan fingerprint density at radius 2 is 1.48 bits per heavy atom. The SMILES string of the molecule is CC(C)NC(=O)C(=O)NNC(=O)[C@@H](c1ccc(Cl)cc1)C(C)C. The average Bonchev–Trinajstić information content (AvgIpc) is 2.46. The van der Waals surface area contributed by atoms with Crippen LogP contribution in [0, 0.1) is 5.92 Å². The number of hydrogen-bond acceptors (Lipinski definition) is 3. The first kappa shape index (κ1) is 19.0. The van der Waals surface area contributed by atoms with Crippen molar-refractivity contribution in [2.24, 2.45) is 5.92 Å². The number of hydrogen-bond donors (Lipinski definition) is 3. The highest BCUT2D eigenvalue weighted by Gasteiger charge is 2.25. The minimum atomic E-state index is -0.911. The molecule has 0 unspecified atom stereocenters. The van der Waals surface area contributed by atoms with E-state index in [2.05, 4.69) is 16.2 Å². The molecule has 3 amide bonds. The molecule has 0 aliphatic carbocycles. The van der Waals surface area contributed by atoms with E-state index in [0.29, 0.717) is 5.02 Å². The number of hydrazine groups is 1. The van der Waals surface area contributed by atoms with E-state index in [4.69, 9.17) is 11.6 Å².